The number of anilines is 1. The Balaban J connectivity index is 1.85. The molecule has 0 aliphatic rings. The molecule has 9 heteroatoms. The Morgan fingerprint density at radius 2 is 1.64 bits per heavy atom. The molecule has 0 bridgehead atoms. The fraction of sp³-hybridized carbons (Fsp3) is 0.333. The molecule has 0 aliphatic heterocycles. The fourth-order valence-electron chi connectivity index (χ4n) is 4.42. The van der Waals surface area contributed by atoms with Crippen LogP contribution in [0.25, 0.3) is 0 Å². The first-order chi connectivity index (χ1) is 18.6. The predicted molar refractivity (Wildman–Crippen MR) is 152 cm³/mol. The number of rotatable bonds is 13. The van der Waals surface area contributed by atoms with Gasteiger partial charge in [-0.3, -0.25) is 13.9 Å². The number of aryl methyl sites for hydroxylation is 1. The molecule has 208 valence electrons. The summed E-state index contributed by atoms with van der Waals surface area (Å²) in [7, 11) is -3.57. The van der Waals surface area contributed by atoms with Crippen molar-refractivity contribution in [2.75, 3.05) is 23.7 Å². The standard InChI is InChI=1S/C30H36FN3O4S/c1-4-32-30(36)28(21-24-11-6-5-7-12-24)33(22-25-15-17-26(31)18-16-25)29(35)14-9-19-34(39(3,37)38)27-13-8-10-23(2)20-27/h5-8,10-13,15-18,20,28H,4,9,14,19,21-22H2,1-3H3,(H,32,36)/t28-/m1/s1. The highest BCUT2D eigenvalue weighted by Crippen LogP contribution is 2.21. The van der Waals surface area contributed by atoms with Crippen LogP contribution in [0.2, 0.25) is 0 Å². The van der Waals surface area contributed by atoms with E-state index < -0.39 is 21.9 Å². The lowest BCUT2D eigenvalue weighted by atomic mass is 10.0. The maximum absolute atomic E-state index is 13.7. The molecular formula is C30H36FN3O4S. The van der Waals surface area contributed by atoms with Crippen molar-refractivity contribution in [1.82, 2.24) is 10.2 Å². The largest absolute Gasteiger partial charge is 0.355 e. The van der Waals surface area contributed by atoms with E-state index in [4.69, 9.17) is 0 Å². The van der Waals surface area contributed by atoms with Crippen LogP contribution in [-0.4, -0.2) is 50.5 Å². The van der Waals surface area contributed by atoms with Crippen molar-refractivity contribution >= 4 is 27.5 Å². The van der Waals surface area contributed by atoms with Gasteiger partial charge in [-0.1, -0.05) is 54.6 Å². The van der Waals surface area contributed by atoms with E-state index in [0.717, 1.165) is 17.4 Å². The summed E-state index contributed by atoms with van der Waals surface area (Å²) in [5, 5.41) is 2.84. The molecule has 7 nitrogen and oxygen atoms in total. The zero-order chi connectivity index (χ0) is 28.4. The first-order valence-electron chi connectivity index (χ1n) is 13.0. The molecular weight excluding hydrogens is 517 g/mol. The van der Waals surface area contributed by atoms with Crippen molar-refractivity contribution < 1.29 is 22.4 Å². The van der Waals surface area contributed by atoms with Crippen LogP contribution in [0, 0.1) is 12.7 Å². The molecule has 0 aromatic heterocycles. The summed E-state index contributed by atoms with van der Waals surface area (Å²) >= 11 is 0. The molecule has 0 spiro atoms. The van der Waals surface area contributed by atoms with Crippen LogP contribution in [0.1, 0.15) is 36.5 Å². The maximum Gasteiger partial charge on any atom is 0.243 e. The van der Waals surface area contributed by atoms with Crippen LogP contribution in [0.5, 0.6) is 0 Å². The molecule has 39 heavy (non-hydrogen) atoms. The Labute approximate surface area is 230 Å². The molecule has 1 N–H and O–H groups in total. The van der Waals surface area contributed by atoms with Gasteiger partial charge in [-0.05, 0) is 61.2 Å². The molecule has 3 rings (SSSR count). The van der Waals surface area contributed by atoms with Gasteiger partial charge in [0.15, 0.2) is 0 Å². The quantitative estimate of drug-likeness (QED) is 0.339. The summed E-state index contributed by atoms with van der Waals surface area (Å²) in [5.41, 5.74) is 3.05. The van der Waals surface area contributed by atoms with Crippen molar-refractivity contribution in [3.05, 3.63) is 101 Å². The lowest BCUT2D eigenvalue weighted by molar-refractivity contribution is -0.141. The highest BCUT2D eigenvalue weighted by molar-refractivity contribution is 7.92. The highest BCUT2D eigenvalue weighted by atomic mass is 32.2. The second-order valence-corrected chi connectivity index (χ2v) is 11.4. The minimum Gasteiger partial charge on any atom is -0.355 e. The number of halogens is 1. The topological polar surface area (TPSA) is 86.8 Å². The van der Waals surface area contributed by atoms with E-state index in [1.807, 2.05) is 50.2 Å². The molecule has 3 aromatic carbocycles. The van der Waals surface area contributed by atoms with E-state index in [9.17, 15) is 22.4 Å². The Bertz CT molecular complexity index is 1350. The molecule has 1 atom stereocenters. The second kappa shape index (κ2) is 13.9. The fourth-order valence-corrected chi connectivity index (χ4v) is 5.38. The lowest BCUT2D eigenvalue weighted by Crippen LogP contribution is -2.50. The summed E-state index contributed by atoms with van der Waals surface area (Å²) < 4.78 is 39.9. The molecule has 0 aliphatic carbocycles. The molecule has 0 saturated heterocycles. The zero-order valence-electron chi connectivity index (χ0n) is 22.6. The molecule has 2 amide bonds. The smallest absolute Gasteiger partial charge is 0.243 e. The van der Waals surface area contributed by atoms with Crippen LogP contribution >= 0.6 is 0 Å². The maximum atomic E-state index is 13.7. The van der Waals surface area contributed by atoms with Gasteiger partial charge in [-0.2, -0.15) is 0 Å². The summed E-state index contributed by atoms with van der Waals surface area (Å²) in [5.74, 6) is -0.961. The normalized spacial score (nSPS) is 12.0. The van der Waals surface area contributed by atoms with Gasteiger partial charge in [-0.15, -0.1) is 0 Å². The number of hydrogen-bond donors (Lipinski definition) is 1. The van der Waals surface area contributed by atoms with Crippen molar-refractivity contribution in [3.8, 4) is 0 Å². The number of hydrogen-bond acceptors (Lipinski definition) is 4. The van der Waals surface area contributed by atoms with Gasteiger partial charge in [0.1, 0.15) is 11.9 Å². The van der Waals surface area contributed by atoms with Crippen LogP contribution in [0.15, 0.2) is 78.9 Å². The third-order valence-electron chi connectivity index (χ3n) is 6.33. The third-order valence-corrected chi connectivity index (χ3v) is 7.52. The zero-order valence-corrected chi connectivity index (χ0v) is 23.5. The number of carbonyl (C=O) groups is 2. The van der Waals surface area contributed by atoms with Crippen molar-refractivity contribution in [2.24, 2.45) is 0 Å². The number of amides is 2. The molecule has 3 aromatic rings. The Hall–Kier alpha value is -3.72. The average molecular weight is 554 g/mol. The van der Waals surface area contributed by atoms with Crippen LogP contribution in [-0.2, 0) is 32.6 Å². The number of benzene rings is 3. The summed E-state index contributed by atoms with van der Waals surface area (Å²) in [6.07, 6.45) is 1.73. The molecule has 0 fully saturated rings. The van der Waals surface area contributed by atoms with E-state index >= 15 is 0 Å². The first-order valence-corrected chi connectivity index (χ1v) is 14.8. The van der Waals surface area contributed by atoms with Gasteiger partial charge in [-0.25, -0.2) is 12.8 Å². The average Bonchev–Trinajstić information content (AvgIpc) is 2.89. The van der Waals surface area contributed by atoms with Crippen LogP contribution in [0.4, 0.5) is 10.1 Å². The summed E-state index contributed by atoms with van der Waals surface area (Å²) in [6, 6.07) is 21.7. The Kier molecular flexibility index (Phi) is 10.6. The third kappa shape index (κ3) is 8.92. The molecule has 0 radical (unpaired) electrons. The Morgan fingerprint density at radius 1 is 0.949 bits per heavy atom. The summed E-state index contributed by atoms with van der Waals surface area (Å²) in [6.45, 7) is 4.33. The van der Waals surface area contributed by atoms with Gasteiger partial charge < -0.3 is 10.2 Å². The highest BCUT2D eigenvalue weighted by Gasteiger charge is 2.30. The number of carbonyl (C=O) groups excluding carboxylic acids is 2. The van der Waals surface area contributed by atoms with E-state index in [1.165, 1.54) is 21.3 Å². The number of nitrogens with zero attached hydrogens (tertiary/aromatic N) is 2. The number of sulfonamides is 1. The predicted octanol–water partition coefficient (Wildman–Crippen LogP) is 4.46. The van der Waals surface area contributed by atoms with Gasteiger partial charge in [0.2, 0.25) is 21.8 Å². The SMILES string of the molecule is CCNC(=O)[C@@H](Cc1ccccc1)N(Cc1ccc(F)cc1)C(=O)CCCN(c1cccc(C)c1)S(C)(=O)=O. The second-order valence-electron chi connectivity index (χ2n) is 9.53. The first kappa shape index (κ1) is 29.8. The minimum absolute atomic E-state index is 0.0315. The van der Waals surface area contributed by atoms with Crippen LogP contribution in [0.3, 0.4) is 0 Å². The van der Waals surface area contributed by atoms with E-state index in [2.05, 4.69) is 5.32 Å². The van der Waals surface area contributed by atoms with Gasteiger partial charge in [0.25, 0.3) is 0 Å². The van der Waals surface area contributed by atoms with Gasteiger partial charge >= 0.3 is 0 Å². The van der Waals surface area contributed by atoms with E-state index in [-0.39, 0.29) is 37.7 Å². The van der Waals surface area contributed by atoms with Crippen LogP contribution < -0.4 is 9.62 Å². The van der Waals surface area contributed by atoms with Crippen molar-refractivity contribution in [3.63, 3.8) is 0 Å². The molecule has 0 unspecified atom stereocenters. The Morgan fingerprint density at radius 3 is 2.26 bits per heavy atom. The molecule has 0 saturated carbocycles. The van der Waals surface area contributed by atoms with Gasteiger partial charge in [0.05, 0.1) is 11.9 Å². The monoisotopic (exact) mass is 553 g/mol. The van der Waals surface area contributed by atoms with E-state index in [0.29, 0.717) is 24.2 Å². The van der Waals surface area contributed by atoms with Crippen molar-refractivity contribution in [1.29, 1.82) is 0 Å². The number of likely N-dealkylation sites (N-methyl/N-ethyl adjacent to an activating group) is 1. The van der Waals surface area contributed by atoms with E-state index in [1.54, 1.807) is 30.3 Å². The minimum atomic E-state index is -3.57. The molecule has 0 heterocycles. The van der Waals surface area contributed by atoms with Crippen molar-refractivity contribution in [2.45, 2.75) is 45.7 Å². The summed E-state index contributed by atoms with van der Waals surface area (Å²) in [4.78, 5) is 28.4. The lowest BCUT2D eigenvalue weighted by Gasteiger charge is -2.32. The van der Waals surface area contributed by atoms with Gasteiger partial charge in [0, 0.05) is 32.5 Å². The number of nitrogens with one attached hydrogen (secondary N) is 1.